The predicted octanol–water partition coefficient (Wildman–Crippen LogP) is 13.7. The smallest absolute Gasteiger partial charge is 0.458 e. The van der Waals surface area contributed by atoms with Crippen LogP contribution in [0.3, 0.4) is 0 Å². The van der Waals surface area contributed by atoms with E-state index in [0.717, 1.165) is 32.1 Å². The van der Waals surface area contributed by atoms with Crippen molar-refractivity contribution in [2.45, 2.75) is 213 Å². The van der Waals surface area contributed by atoms with Gasteiger partial charge in [0.1, 0.15) is 19.8 Å². The highest BCUT2D eigenvalue weighted by atomic mass is 31.2. The van der Waals surface area contributed by atoms with E-state index in [0.29, 0.717) is 17.4 Å². The van der Waals surface area contributed by atoms with Crippen molar-refractivity contribution in [1.29, 1.82) is 0 Å². The van der Waals surface area contributed by atoms with E-state index in [4.69, 9.17) is 18.5 Å². The van der Waals surface area contributed by atoms with Crippen molar-refractivity contribution in [2.24, 2.45) is 0 Å². The highest BCUT2D eigenvalue weighted by Gasteiger charge is 2.27. The predicted molar refractivity (Wildman–Crippen MR) is 243 cm³/mol. The molecule has 0 aromatic rings. The van der Waals surface area contributed by atoms with Gasteiger partial charge >= 0.3 is 19.8 Å². The summed E-state index contributed by atoms with van der Waals surface area (Å²) in [6.07, 6.45) is 46.8. The zero-order valence-corrected chi connectivity index (χ0v) is 39.2. The average Bonchev–Trinajstić information content (AvgIpc) is 3.17. The van der Waals surface area contributed by atoms with Crippen molar-refractivity contribution in [1.82, 2.24) is 0 Å². The van der Waals surface area contributed by atoms with Crippen LogP contribution in [0.25, 0.3) is 0 Å². The van der Waals surface area contributed by atoms with Gasteiger partial charge in [0.25, 0.3) is 0 Å². The zero-order chi connectivity index (χ0) is 42.8. The number of nitrogens with zero attached hydrogens (tertiary/aromatic N) is 1. The minimum atomic E-state index is -4.40. The monoisotopic (exact) mass is 841 g/mol. The van der Waals surface area contributed by atoms with Crippen molar-refractivity contribution >= 4 is 19.8 Å². The lowest BCUT2D eigenvalue weighted by atomic mass is 10.1. The Bertz CT molecular complexity index is 1090. The van der Waals surface area contributed by atoms with Crippen LogP contribution < -0.4 is 0 Å². The first-order valence-electron chi connectivity index (χ1n) is 23.8. The van der Waals surface area contributed by atoms with E-state index < -0.39 is 32.5 Å². The number of esters is 2. The standard InChI is InChI=1S/C48H90NO8P/c1-6-8-10-12-14-16-18-20-22-23-24-25-27-29-31-33-35-37-39-41-48(51)57-46(45-56-58(52,53)55-43-42-49(3,4)5)44-54-47(50)40-38-36-34-32-30-28-26-21-19-17-15-13-11-9-7-2/h20,22,34,36,38,40,46H,6-19,21,23-33,35,37,39,41-45H2,1-5H3/p+1/b22-20+,36-34+,40-38+/t46-/m1/s1. The van der Waals surface area contributed by atoms with Gasteiger partial charge in [0.2, 0.25) is 0 Å². The summed E-state index contributed by atoms with van der Waals surface area (Å²) >= 11 is 0. The molecule has 0 rings (SSSR count). The number of carbonyl (C=O) groups excluding carboxylic acids is 2. The van der Waals surface area contributed by atoms with Crippen LogP contribution in [0.15, 0.2) is 36.5 Å². The third-order valence-corrected chi connectivity index (χ3v) is 11.2. The highest BCUT2D eigenvalue weighted by molar-refractivity contribution is 7.47. The minimum Gasteiger partial charge on any atom is -0.458 e. The van der Waals surface area contributed by atoms with Crippen molar-refractivity contribution < 1.29 is 42.1 Å². The number of phosphoric acid groups is 1. The van der Waals surface area contributed by atoms with E-state index in [1.807, 2.05) is 33.3 Å². The van der Waals surface area contributed by atoms with Gasteiger partial charge in [-0.05, 0) is 44.9 Å². The number of hydrogen-bond donors (Lipinski definition) is 1. The first kappa shape index (κ1) is 56.2. The van der Waals surface area contributed by atoms with E-state index in [1.54, 1.807) is 6.08 Å². The van der Waals surface area contributed by atoms with Gasteiger partial charge in [-0.1, -0.05) is 185 Å². The molecule has 0 saturated carbocycles. The van der Waals surface area contributed by atoms with Gasteiger partial charge in [0.05, 0.1) is 27.7 Å². The SMILES string of the molecule is CCCCCCCC/C=C/CCCCCCCCCCCC(=O)O[C@H](COC(=O)/C=C/C=C/CCCCCCCCCCCCC)COP(=O)(O)OCC[N+](C)(C)C. The summed E-state index contributed by atoms with van der Waals surface area (Å²) < 4.78 is 34.2. The lowest BCUT2D eigenvalue weighted by Crippen LogP contribution is -2.37. The largest absolute Gasteiger partial charge is 0.472 e. The third-order valence-electron chi connectivity index (χ3n) is 10.2. The maximum atomic E-state index is 12.7. The molecule has 0 bridgehead atoms. The van der Waals surface area contributed by atoms with Gasteiger partial charge in [-0.25, -0.2) is 9.36 Å². The number of carbonyl (C=O) groups is 2. The molecule has 0 spiro atoms. The van der Waals surface area contributed by atoms with E-state index in [9.17, 15) is 19.0 Å². The third kappa shape index (κ3) is 43.8. The van der Waals surface area contributed by atoms with Gasteiger partial charge in [0.15, 0.2) is 6.10 Å². The van der Waals surface area contributed by atoms with E-state index in [-0.39, 0.29) is 19.6 Å². The summed E-state index contributed by atoms with van der Waals surface area (Å²) in [4.78, 5) is 35.3. The van der Waals surface area contributed by atoms with Crippen molar-refractivity contribution in [3.05, 3.63) is 36.5 Å². The molecule has 1 N–H and O–H groups in total. The molecule has 0 radical (unpaired) electrons. The Morgan fingerprint density at radius 3 is 1.47 bits per heavy atom. The second kappa shape index (κ2) is 40.6. The fraction of sp³-hybridized carbons (Fsp3) is 0.833. The molecular weight excluding hydrogens is 750 g/mol. The Kier molecular flexibility index (Phi) is 39.4. The van der Waals surface area contributed by atoms with Crippen molar-refractivity contribution in [3.63, 3.8) is 0 Å². The normalized spacial score (nSPS) is 13.8. The number of allylic oxidation sites excluding steroid dienone is 5. The first-order chi connectivity index (χ1) is 28.0. The average molecular weight is 841 g/mol. The molecule has 0 aromatic carbocycles. The number of ether oxygens (including phenoxy) is 2. The van der Waals surface area contributed by atoms with Crippen LogP contribution in [-0.2, 0) is 32.7 Å². The maximum absolute atomic E-state index is 12.7. The molecule has 0 aliphatic rings. The lowest BCUT2D eigenvalue weighted by molar-refractivity contribution is -0.870. The van der Waals surface area contributed by atoms with Gasteiger partial charge in [-0.3, -0.25) is 13.8 Å². The molecule has 0 amide bonds. The van der Waals surface area contributed by atoms with Crippen LogP contribution in [-0.4, -0.2) is 74.9 Å². The molecular formula is C48H91NO8P+. The van der Waals surface area contributed by atoms with Crippen LogP contribution in [0.2, 0.25) is 0 Å². The van der Waals surface area contributed by atoms with Gasteiger partial charge in [-0.2, -0.15) is 0 Å². The fourth-order valence-corrected chi connectivity index (χ4v) is 7.25. The molecule has 0 saturated heterocycles. The summed E-state index contributed by atoms with van der Waals surface area (Å²) in [6.45, 7) is 4.30. The summed E-state index contributed by atoms with van der Waals surface area (Å²) in [6, 6.07) is 0. The Balaban J connectivity index is 4.38. The first-order valence-corrected chi connectivity index (χ1v) is 25.3. The Hall–Kier alpha value is -1.77. The summed E-state index contributed by atoms with van der Waals surface area (Å²) in [5.74, 6) is -1.05. The van der Waals surface area contributed by atoms with E-state index in [1.165, 1.54) is 154 Å². The molecule has 0 aliphatic heterocycles. The Morgan fingerprint density at radius 1 is 0.569 bits per heavy atom. The van der Waals surface area contributed by atoms with Crippen LogP contribution in [0, 0.1) is 0 Å². The second-order valence-corrected chi connectivity index (χ2v) is 18.7. The van der Waals surface area contributed by atoms with E-state index in [2.05, 4.69) is 26.0 Å². The fourth-order valence-electron chi connectivity index (χ4n) is 6.51. The molecule has 58 heavy (non-hydrogen) atoms. The van der Waals surface area contributed by atoms with Gasteiger partial charge in [-0.15, -0.1) is 0 Å². The Labute approximate surface area is 357 Å². The van der Waals surface area contributed by atoms with Crippen LogP contribution in [0.4, 0.5) is 0 Å². The summed E-state index contributed by atoms with van der Waals surface area (Å²) in [7, 11) is 1.44. The number of rotatable bonds is 43. The van der Waals surface area contributed by atoms with Gasteiger partial charge < -0.3 is 18.9 Å². The number of unbranched alkanes of at least 4 members (excludes halogenated alkanes) is 26. The topological polar surface area (TPSA) is 108 Å². The van der Waals surface area contributed by atoms with Gasteiger partial charge in [0, 0.05) is 12.5 Å². The maximum Gasteiger partial charge on any atom is 0.472 e. The van der Waals surface area contributed by atoms with Crippen LogP contribution >= 0.6 is 7.82 Å². The number of quaternary nitrogens is 1. The quantitative estimate of drug-likeness (QED) is 0.0123. The molecule has 10 heteroatoms. The number of hydrogen-bond acceptors (Lipinski definition) is 7. The lowest BCUT2D eigenvalue weighted by Gasteiger charge is -2.24. The van der Waals surface area contributed by atoms with Crippen molar-refractivity contribution in [2.75, 3.05) is 47.5 Å². The number of phosphoric ester groups is 1. The molecule has 2 atom stereocenters. The molecule has 340 valence electrons. The molecule has 1 unspecified atom stereocenters. The second-order valence-electron chi connectivity index (χ2n) is 17.2. The number of likely N-dealkylation sites (N-methyl/N-ethyl adjacent to an activating group) is 1. The summed E-state index contributed by atoms with van der Waals surface area (Å²) in [5.41, 5.74) is 0. The van der Waals surface area contributed by atoms with E-state index >= 15 is 0 Å². The molecule has 9 nitrogen and oxygen atoms in total. The Morgan fingerprint density at radius 2 is 1.00 bits per heavy atom. The molecule has 0 aliphatic carbocycles. The van der Waals surface area contributed by atoms with Crippen molar-refractivity contribution in [3.8, 4) is 0 Å². The molecule has 0 heterocycles. The van der Waals surface area contributed by atoms with Crippen LogP contribution in [0.5, 0.6) is 0 Å². The molecule has 0 fully saturated rings. The zero-order valence-electron chi connectivity index (χ0n) is 38.3. The highest BCUT2D eigenvalue weighted by Crippen LogP contribution is 2.43. The molecule has 0 aromatic heterocycles. The summed E-state index contributed by atoms with van der Waals surface area (Å²) in [5, 5.41) is 0. The van der Waals surface area contributed by atoms with Crippen LogP contribution in [0.1, 0.15) is 206 Å². The minimum absolute atomic E-state index is 0.0191.